The minimum absolute atomic E-state index is 0. The molecule has 0 saturated carbocycles. The third-order valence-corrected chi connectivity index (χ3v) is 8.44. The van der Waals surface area contributed by atoms with Crippen molar-refractivity contribution >= 4 is 36.4 Å². The van der Waals surface area contributed by atoms with Gasteiger partial charge < -0.3 is 14.9 Å². The number of hydrogen-bond acceptors (Lipinski definition) is 4. The third-order valence-electron chi connectivity index (χ3n) is 8.44. The molecule has 1 amide bonds. The number of benzene rings is 3. The molecule has 222 valence electrons. The van der Waals surface area contributed by atoms with Crippen molar-refractivity contribution in [3.05, 3.63) is 94.8 Å². The Labute approximate surface area is 256 Å². The van der Waals surface area contributed by atoms with Crippen molar-refractivity contribution in [3.63, 3.8) is 0 Å². The number of aromatic hydroxyl groups is 1. The summed E-state index contributed by atoms with van der Waals surface area (Å²) in [6, 6.07) is 20.9. The minimum Gasteiger partial charge on any atom is -0.506 e. The fourth-order valence-electron chi connectivity index (χ4n) is 6.03. The number of hydrogen-bond donors (Lipinski definition) is 1. The van der Waals surface area contributed by atoms with Gasteiger partial charge in [0.25, 0.3) is 5.91 Å². The van der Waals surface area contributed by atoms with Crippen LogP contribution < -0.4 is 4.90 Å². The Hall–Kier alpha value is -2.80. The highest BCUT2D eigenvalue weighted by atomic mass is 35.5. The van der Waals surface area contributed by atoms with E-state index in [0.29, 0.717) is 18.9 Å². The topological polar surface area (TPSA) is 47.0 Å². The van der Waals surface area contributed by atoms with E-state index in [-0.39, 0.29) is 54.4 Å². The second kappa shape index (κ2) is 14.4. The molecular weight excluding hydrogens is 560 g/mol. The Morgan fingerprint density at radius 1 is 0.878 bits per heavy atom. The molecule has 2 aliphatic heterocycles. The normalized spacial score (nSPS) is 19.8. The van der Waals surface area contributed by atoms with Crippen LogP contribution in [0.3, 0.4) is 0 Å². The van der Waals surface area contributed by atoms with Gasteiger partial charge in [-0.3, -0.25) is 9.69 Å². The van der Waals surface area contributed by atoms with Gasteiger partial charge in [0, 0.05) is 50.4 Å². The van der Waals surface area contributed by atoms with Crippen LogP contribution in [-0.4, -0.2) is 59.1 Å². The summed E-state index contributed by atoms with van der Waals surface area (Å²) >= 11 is 0. The highest BCUT2D eigenvalue weighted by Gasteiger charge is 2.31. The largest absolute Gasteiger partial charge is 0.506 e. The predicted molar refractivity (Wildman–Crippen MR) is 169 cm³/mol. The van der Waals surface area contributed by atoms with Crippen LogP contribution in [0.15, 0.2) is 66.7 Å². The quantitative estimate of drug-likeness (QED) is 0.332. The van der Waals surface area contributed by atoms with Crippen molar-refractivity contribution in [1.82, 2.24) is 9.80 Å². The highest BCUT2D eigenvalue weighted by Crippen LogP contribution is 2.36. The molecule has 8 heteroatoms. The number of amides is 1. The SMILES string of the molecule is CC1CCN(C(=O)c2ccc(Cc3cccc(O)c3N3C[C@@H](C)N(Cc4cccc(F)c4)C[C@H]3C)cc2)CC1.Cl.Cl. The van der Waals surface area contributed by atoms with Crippen molar-refractivity contribution in [2.45, 2.75) is 58.7 Å². The number of piperidine rings is 1. The maximum atomic E-state index is 13.7. The first kappa shape index (κ1) is 32.7. The lowest BCUT2D eigenvalue weighted by atomic mass is 9.97. The molecular formula is C33H42Cl2FN3O2. The lowest BCUT2D eigenvalue weighted by molar-refractivity contribution is 0.0697. The maximum absolute atomic E-state index is 13.7. The summed E-state index contributed by atoms with van der Waals surface area (Å²) in [7, 11) is 0. The summed E-state index contributed by atoms with van der Waals surface area (Å²) in [6.45, 7) is 10.6. The van der Waals surface area contributed by atoms with Gasteiger partial charge in [-0.05, 0) is 86.1 Å². The number of phenols is 1. The van der Waals surface area contributed by atoms with Crippen LogP contribution in [0.4, 0.5) is 10.1 Å². The van der Waals surface area contributed by atoms with Crippen LogP contribution in [0, 0.1) is 11.7 Å². The molecule has 41 heavy (non-hydrogen) atoms. The molecule has 2 heterocycles. The molecule has 5 nitrogen and oxygen atoms in total. The highest BCUT2D eigenvalue weighted by molar-refractivity contribution is 5.94. The van der Waals surface area contributed by atoms with Crippen LogP contribution in [0.1, 0.15) is 60.7 Å². The van der Waals surface area contributed by atoms with E-state index in [9.17, 15) is 14.3 Å². The molecule has 0 aromatic heterocycles. The van der Waals surface area contributed by atoms with Crippen LogP contribution in [0.25, 0.3) is 0 Å². The van der Waals surface area contributed by atoms with Gasteiger partial charge >= 0.3 is 0 Å². The first-order chi connectivity index (χ1) is 18.8. The molecule has 5 rings (SSSR count). The van der Waals surface area contributed by atoms with Gasteiger partial charge in [-0.2, -0.15) is 0 Å². The number of phenolic OH excluding ortho intramolecular Hbond substituents is 1. The van der Waals surface area contributed by atoms with E-state index in [1.165, 1.54) is 6.07 Å². The molecule has 2 aliphatic rings. The lowest BCUT2D eigenvalue weighted by Crippen LogP contribution is -2.56. The number of nitrogens with zero attached hydrogens (tertiary/aromatic N) is 3. The van der Waals surface area contributed by atoms with Crippen LogP contribution in [0.5, 0.6) is 5.75 Å². The number of likely N-dealkylation sites (tertiary alicyclic amines) is 1. The average molecular weight is 603 g/mol. The summed E-state index contributed by atoms with van der Waals surface area (Å²) in [4.78, 5) is 19.6. The maximum Gasteiger partial charge on any atom is 0.253 e. The van der Waals surface area contributed by atoms with Gasteiger partial charge in [0.15, 0.2) is 0 Å². The lowest BCUT2D eigenvalue weighted by Gasteiger charge is -2.46. The van der Waals surface area contributed by atoms with E-state index in [1.54, 1.807) is 18.2 Å². The smallest absolute Gasteiger partial charge is 0.253 e. The summed E-state index contributed by atoms with van der Waals surface area (Å²) in [5.41, 5.74) is 4.77. The number of carbonyl (C=O) groups is 1. The summed E-state index contributed by atoms with van der Waals surface area (Å²) in [5, 5.41) is 11.0. The van der Waals surface area contributed by atoms with E-state index in [0.717, 1.165) is 67.0 Å². The summed E-state index contributed by atoms with van der Waals surface area (Å²) < 4.78 is 13.7. The summed E-state index contributed by atoms with van der Waals surface area (Å²) in [6.07, 6.45) is 2.81. The van der Waals surface area contributed by atoms with Crippen molar-refractivity contribution in [2.24, 2.45) is 5.92 Å². The molecule has 2 atom stereocenters. The van der Waals surface area contributed by atoms with E-state index in [1.807, 2.05) is 41.3 Å². The van der Waals surface area contributed by atoms with Gasteiger partial charge in [0.1, 0.15) is 11.6 Å². The third kappa shape index (κ3) is 7.73. The van der Waals surface area contributed by atoms with E-state index >= 15 is 0 Å². The molecule has 0 bridgehead atoms. The zero-order chi connectivity index (χ0) is 27.5. The first-order valence-electron chi connectivity index (χ1n) is 14.2. The Morgan fingerprint density at radius 3 is 2.24 bits per heavy atom. The molecule has 2 fully saturated rings. The molecule has 0 unspecified atom stereocenters. The number of carbonyl (C=O) groups excluding carboxylic acids is 1. The van der Waals surface area contributed by atoms with Crippen LogP contribution >= 0.6 is 24.8 Å². The molecule has 2 saturated heterocycles. The zero-order valence-electron chi connectivity index (χ0n) is 24.1. The van der Waals surface area contributed by atoms with Gasteiger partial charge in [0.05, 0.1) is 5.69 Å². The molecule has 0 spiro atoms. The summed E-state index contributed by atoms with van der Waals surface area (Å²) in [5.74, 6) is 0.890. The fraction of sp³-hybridized carbons (Fsp3) is 0.424. The molecule has 1 N–H and O–H groups in total. The molecule has 0 radical (unpaired) electrons. The van der Waals surface area contributed by atoms with Crippen molar-refractivity contribution in [3.8, 4) is 5.75 Å². The van der Waals surface area contributed by atoms with E-state index < -0.39 is 0 Å². The number of piperazine rings is 1. The van der Waals surface area contributed by atoms with Crippen LogP contribution in [-0.2, 0) is 13.0 Å². The number of halogens is 3. The number of para-hydroxylation sites is 1. The second-order valence-corrected chi connectivity index (χ2v) is 11.5. The Morgan fingerprint density at radius 2 is 1.56 bits per heavy atom. The average Bonchev–Trinajstić information content (AvgIpc) is 2.92. The van der Waals surface area contributed by atoms with Crippen molar-refractivity contribution < 1.29 is 14.3 Å². The molecule has 3 aromatic carbocycles. The van der Waals surface area contributed by atoms with Crippen LogP contribution in [0.2, 0.25) is 0 Å². The van der Waals surface area contributed by atoms with Crippen molar-refractivity contribution in [1.29, 1.82) is 0 Å². The second-order valence-electron chi connectivity index (χ2n) is 11.5. The Kier molecular flexibility index (Phi) is 11.5. The van der Waals surface area contributed by atoms with Gasteiger partial charge in [0.2, 0.25) is 0 Å². The predicted octanol–water partition coefficient (Wildman–Crippen LogP) is 6.94. The van der Waals surface area contributed by atoms with E-state index in [2.05, 4.69) is 36.6 Å². The number of rotatable bonds is 6. The fourth-order valence-corrected chi connectivity index (χ4v) is 6.03. The Bertz CT molecular complexity index is 1300. The van der Waals surface area contributed by atoms with Crippen molar-refractivity contribution in [2.75, 3.05) is 31.1 Å². The number of anilines is 1. The van der Waals surface area contributed by atoms with E-state index in [4.69, 9.17) is 0 Å². The standard InChI is InChI=1S/C33H40FN3O2.2ClH/c1-23-14-16-35(17-15-23)33(39)28-12-10-26(11-13-28)18-29-7-5-9-31(38)32(29)37-21-24(2)36(20-25(37)3)22-27-6-4-8-30(34)19-27;;/h4-13,19,23-25,38H,14-18,20-22H2,1-3H3;2*1H/t24-,25-;;/m1../s1. The van der Waals surface area contributed by atoms with Gasteiger partial charge in [-0.25, -0.2) is 4.39 Å². The monoisotopic (exact) mass is 601 g/mol. The first-order valence-corrected chi connectivity index (χ1v) is 14.2. The van der Waals surface area contributed by atoms with Gasteiger partial charge in [-0.15, -0.1) is 24.8 Å². The molecule has 0 aliphatic carbocycles. The molecule has 3 aromatic rings. The Balaban J connectivity index is 0.00000231. The van der Waals surface area contributed by atoms with Gasteiger partial charge in [-0.1, -0.05) is 43.3 Å². The minimum atomic E-state index is -0.204. The zero-order valence-corrected chi connectivity index (χ0v) is 25.8.